The number of hydrogen-bond donors (Lipinski definition) is 1. The van der Waals surface area contributed by atoms with E-state index in [1.54, 1.807) is 6.07 Å². The number of nitro groups is 1. The number of pyridine rings is 1. The maximum absolute atomic E-state index is 13.4. The number of anilines is 1. The van der Waals surface area contributed by atoms with Gasteiger partial charge in [0.25, 0.3) is 11.6 Å². The van der Waals surface area contributed by atoms with E-state index in [-0.39, 0.29) is 11.6 Å². The summed E-state index contributed by atoms with van der Waals surface area (Å²) in [4.78, 5) is 33.2. The summed E-state index contributed by atoms with van der Waals surface area (Å²) in [5.41, 5.74) is 4.28. The number of rotatable bonds is 4. The second-order valence-electron chi connectivity index (χ2n) is 7.23. The molecule has 0 unspecified atom stereocenters. The first kappa shape index (κ1) is 19.8. The van der Waals surface area contributed by atoms with Crippen molar-refractivity contribution in [3.63, 3.8) is 0 Å². The molecular formula is C24H16N4O3S. The number of amides is 1. The van der Waals surface area contributed by atoms with Crippen molar-refractivity contribution in [3.05, 3.63) is 94.0 Å². The van der Waals surface area contributed by atoms with Gasteiger partial charge in [-0.15, -0.1) is 0 Å². The Balaban J connectivity index is 1.59. The van der Waals surface area contributed by atoms with Crippen LogP contribution in [0.2, 0.25) is 0 Å². The van der Waals surface area contributed by atoms with Gasteiger partial charge in [-0.25, -0.2) is 9.97 Å². The topological polar surface area (TPSA) is 98.0 Å². The predicted octanol–water partition coefficient (Wildman–Crippen LogP) is 5.98. The van der Waals surface area contributed by atoms with Gasteiger partial charge < -0.3 is 0 Å². The zero-order valence-corrected chi connectivity index (χ0v) is 17.7. The first-order valence-electron chi connectivity index (χ1n) is 9.82. The number of hydrogen-bond acceptors (Lipinski definition) is 6. The standard InChI is InChI=1S/C24H16N4O3S/c1-14-21(17-9-5-6-10-18(17)25-22(14)15-7-3-2-4-8-15)23(29)27-24-26-19-12-11-16(28(30)31)13-20(19)32-24/h2-13H,1H3,(H,26,27,29). The predicted molar refractivity (Wildman–Crippen MR) is 126 cm³/mol. The first-order chi connectivity index (χ1) is 15.5. The van der Waals surface area contributed by atoms with E-state index in [1.807, 2.05) is 61.5 Å². The minimum atomic E-state index is -0.449. The Labute approximate surface area is 186 Å². The van der Waals surface area contributed by atoms with Gasteiger partial charge in [-0.1, -0.05) is 59.9 Å². The average molecular weight is 440 g/mol. The fraction of sp³-hybridized carbons (Fsp3) is 0.0417. The number of nitrogens with one attached hydrogen (secondary N) is 1. The molecule has 0 bridgehead atoms. The van der Waals surface area contributed by atoms with Gasteiger partial charge in [0.1, 0.15) is 0 Å². The van der Waals surface area contributed by atoms with Crippen LogP contribution in [0.5, 0.6) is 0 Å². The highest BCUT2D eigenvalue weighted by Gasteiger charge is 2.20. The van der Waals surface area contributed by atoms with Crippen molar-refractivity contribution in [1.29, 1.82) is 0 Å². The van der Waals surface area contributed by atoms with Crippen LogP contribution in [-0.4, -0.2) is 20.8 Å². The summed E-state index contributed by atoms with van der Waals surface area (Å²) >= 11 is 1.20. The number of para-hydroxylation sites is 1. The molecule has 0 saturated carbocycles. The summed E-state index contributed by atoms with van der Waals surface area (Å²) in [6.07, 6.45) is 0. The van der Waals surface area contributed by atoms with Gasteiger partial charge in [-0.3, -0.25) is 20.2 Å². The van der Waals surface area contributed by atoms with Crippen LogP contribution in [0.3, 0.4) is 0 Å². The van der Waals surface area contributed by atoms with Crippen LogP contribution >= 0.6 is 11.3 Å². The van der Waals surface area contributed by atoms with E-state index >= 15 is 0 Å². The molecule has 7 nitrogen and oxygen atoms in total. The van der Waals surface area contributed by atoms with Crippen LogP contribution < -0.4 is 5.32 Å². The molecule has 5 aromatic rings. The Kier molecular flexibility index (Phi) is 4.84. The summed E-state index contributed by atoms with van der Waals surface area (Å²) in [6.45, 7) is 1.89. The second-order valence-corrected chi connectivity index (χ2v) is 8.26. The summed E-state index contributed by atoms with van der Waals surface area (Å²) in [6, 6.07) is 21.7. The van der Waals surface area contributed by atoms with Gasteiger partial charge in [0.2, 0.25) is 0 Å². The van der Waals surface area contributed by atoms with Crippen LogP contribution in [0.15, 0.2) is 72.8 Å². The Morgan fingerprint density at radius 3 is 2.50 bits per heavy atom. The lowest BCUT2D eigenvalue weighted by molar-refractivity contribution is -0.384. The highest BCUT2D eigenvalue weighted by atomic mass is 32.1. The number of thiazole rings is 1. The van der Waals surface area contributed by atoms with Gasteiger partial charge in [0.15, 0.2) is 5.13 Å². The van der Waals surface area contributed by atoms with E-state index in [1.165, 1.54) is 23.5 Å². The Bertz CT molecular complexity index is 1510. The molecule has 156 valence electrons. The molecular weight excluding hydrogens is 424 g/mol. The van der Waals surface area contributed by atoms with E-state index in [4.69, 9.17) is 4.98 Å². The maximum Gasteiger partial charge on any atom is 0.270 e. The van der Waals surface area contributed by atoms with Crippen molar-refractivity contribution in [1.82, 2.24) is 9.97 Å². The Morgan fingerprint density at radius 1 is 0.969 bits per heavy atom. The van der Waals surface area contributed by atoms with Crippen LogP contribution in [0.4, 0.5) is 10.8 Å². The number of carbonyl (C=O) groups is 1. The quantitative estimate of drug-likeness (QED) is 0.274. The number of benzene rings is 3. The molecule has 5 rings (SSSR count). The summed E-state index contributed by atoms with van der Waals surface area (Å²) in [7, 11) is 0. The molecule has 1 N–H and O–H groups in total. The highest BCUT2D eigenvalue weighted by Crippen LogP contribution is 2.32. The van der Waals surface area contributed by atoms with Crippen molar-refractivity contribution in [2.45, 2.75) is 6.92 Å². The SMILES string of the molecule is Cc1c(-c2ccccc2)nc2ccccc2c1C(=O)Nc1nc2ccc([N+](=O)[O-])cc2s1. The molecule has 8 heteroatoms. The molecule has 3 aromatic carbocycles. The minimum absolute atomic E-state index is 0.0116. The highest BCUT2D eigenvalue weighted by molar-refractivity contribution is 7.22. The average Bonchev–Trinajstić information content (AvgIpc) is 3.20. The van der Waals surface area contributed by atoms with E-state index in [9.17, 15) is 14.9 Å². The fourth-order valence-electron chi connectivity index (χ4n) is 3.72. The third-order valence-corrected chi connectivity index (χ3v) is 6.15. The van der Waals surface area contributed by atoms with E-state index < -0.39 is 4.92 Å². The zero-order valence-electron chi connectivity index (χ0n) is 16.9. The molecule has 1 amide bonds. The van der Waals surface area contributed by atoms with Gasteiger partial charge in [0, 0.05) is 23.1 Å². The number of nitrogens with zero attached hydrogens (tertiary/aromatic N) is 3. The number of aromatic nitrogens is 2. The fourth-order valence-corrected chi connectivity index (χ4v) is 4.61. The van der Waals surface area contributed by atoms with Crippen molar-refractivity contribution >= 4 is 49.2 Å². The third kappa shape index (κ3) is 3.46. The maximum atomic E-state index is 13.4. The van der Waals surface area contributed by atoms with Crippen LogP contribution in [0, 0.1) is 17.0 Å². The molecule has 32 heavy (non-hydrogen) atoms. The lowest BCUT2D eigenvalue weighted by Gasteiger charge is -2.14. The van der Waals surface area contributed by atoms with Gasteiger partial charge in [-0.05, 0) is 24.6 Å². The lowest BCUT2D eigenvalue weighted by Crippen LogP contribution is -2.15. The van der Waals surface area contributed by atoms with E-state index in [0.717, 1.165) is 27.7 Å². The second kappa shape index (κ2) is 7.82. The van der Waals surface area contributed by atoms with Gasteiger partial charge >= 0.3 is 0 Å². The first-order valence-corrected chi connectivity index (χ1v) is 10.6. The van der Waals surface area contributed by atoms with Crippen LogP contribution in [0.25, 0.3) is 32.4 Å². The third-order valence-electron chi connectivity index (χ3n) is 5.21. The van der Waals surface area contributed by atoms with Crippen molar-refractivity contribution in [3.8, 4) is 11.3 Å². The molecule has 0 fully saturated rings. The van der Waals surface area contributed by atoms with E-state index in [0.29, 0.717) is 20.9 Å². The van der Waals surface area contributed by atoms with Crippen LogP contribution in [-0.2, 0) is 0 Å². The molecule has 0 saturated heterocycles. The number of fused-ring (bicyclic) bond motifs is 2. The van der Waals surface area contributed by atoms with Crippen LogP contribution in [0.1, 0.15) is 15.9 Å². The molecule has 0 aliphatic carbocycles. The molecule has 0 aliphatic heterocycles. The van der Waals surface area contributed by atoms with Gasteiger partial charge in [-0.2, -0.15) is 0 Å². The normalized spacial score (nSPS) is 11.0. The number of carbonyl (C=O) groups excluding carboxylic acids is 1. The Hall–Kier alpha value is -4.17. The number of nitro benzene ring substituents is 1. The Morgan fingerprint density at radius 2 is 1.72 bits per heavy atom. The molecule has 0 spiro atoms. The van der Waals surface area contributed by atoms with Crippen molar-refractivity contribution < 1.29 is 9.72 Å². The summed E-state index contributed by atoms with van der Waals surface area (Å²) < 4.78 is 0.635. The van der Waals surface area contributed by atoms with E-state index in [2.05, 4.69) is 10.3 Å². The summed E-state index contributed by atoms with van der Waals surface area (Å²) in [5, 5.41) is 15.0. The number of non-ortho nitro benzene ring substituents is 1. The van der Waals surface area contributed by atoms with Gasteiger partial charge in [0.05, 0.1) is 31.9 Å². The molecule has 0 atom stereocenters. The summed E-state index contributed by atoms with van der Waals surface area (Å²) in [5.74, 6) is -0.299. The van der Waals surface area contributed by atoms with Crippen molar-refractivity contribution in [2.24, 2.45) is 0 Å². The smallest absolute Gasteiger partial charge is 0.270 e. The minimum Gasteiger partial charge on any atom is -0.298 e. The lowest BCUT2D eigenvalue weighted by atomic mass is 9.97. The molecule has 2 aromatic heterocycles. The molecule has 0 aliphatic rings. The zero-order chi connectivity index (χ0) is 22.2. The molecule has 2 heterocycles. The monoisotopic (exact) mass is 440 g/mol. The van der Waals surface area contributed by atoms with Crippen molar-refractivity contribution in [2.75, 3.05) is 5.32 Å². The molecule has 0 radical (unpaired) electrons. The largest absolute Gasteiger partial charge is 0.298 e.